The fourth-order valence-corrected chi connectivity index (χ4v) is 1.33. The van der Waals surface area contributed by atoms with Gasteiger partial charge < -0.3 is 11.1 Å². The molecule has 0 aromatic heterocycles. The number of halogens is 1. The summed E-state index contributed by atoms with van der Waals surface area (Å²) in [5.41, 5.74) is 6.87. The van der Waals surface area contributed by atoms with E-state index >= 15 is 0 Å². The van der Waals surface area contributed by atoms with E-state index in [-0.39, 0.29) is 12.4 Å². The first-order valence-corrected chi connectivity index (χ1v) is 5.01. The molecule has 3 N–H and O–H groups in total. The van der Waals surface area contributed by atoms with E-state index in [9.17, 15) is 4.39 Å². The second kappa shape index (κ2) is 5.60. The molecular weight excluding hydrogens is 179 g/mol. The summed E-state index contributed by atoms with van der Waals surface area (Å²) in [4.78, 5) is 0. The van der Waals surface area contributed by atoms with Gasteiger partial charge in [-0.25, -0.2) is 4.39 Å². The molecule has 0 saturated carbocycles. The molecule has 0 fully saturated rings. The van der Waals surface area contributed by atoms with Crippen molar-refractivity contribution < 1.29 is 4.39 Å². The third-order valence-corrected chi connectivity index (χ3v) is 2.17. The van der Waals surface area contributed by atoms with E-state index in [1.165, 1.54) is 6.07 Å². The zero-order chi connectivity index (χ0) is 10.4. The minimum atomic E-state index is -0.228. The van der Waals surface area contributed by atoms with E-state index in [4.69, 9.17) is 5.73 Å². The van der Waals surface area contributed by atoms with Gasteiger partial charge in [-0.3, -0.25) is 0 Å². The molecule has 0 aliphatic rings. The number of rotatable bonds is 5. The average molecular weight is 196 g/mol. The summed E-state index contributed by atoms with van der Waals surface area (Å²) in [5, 5.41) is 3.19. The van der Waals surface area contributed by atoms with Crippen LogP contribution in [0.2, 0.25) is 0 Å². The molecule has 1 aromatic rings. The quantitative estimate of drug-likeness (QED) is 0.710. The van der Waals surface area contributed by atoms with Crippen molar-refractivity contribution in [2.45, 2.75) is 26.3 Å². The fourth-order valence-electron chi connectivity index (χ4n) is 1.33. The Bertz CT molecular complexity index is 287. The van der Waals surface area contributed by atoms with Crippen molar-refractivity contribution in [2.24, 2.45) is 5.73 Å². The second-order valence-electron chi connectivity index (χ2n) is 3.25. The molecule has 2 nitrogen and oxygen atoms in total. The summed E-state index contributed by atoms with van der Waals surface area (Å²) in [5.74, 6) is -0.228. The van der Waals surface area contributed by atoms with Gasteiger partial charge in [0.2, 0.25) is 0 Å². The van der Waals surface area contributed by atoms with Gasteiger partial charge in [0.1, 0.15) is 5.82 Å². The van der Waals surface area contributed by atoms with Gasteiger partial charge in [0.25, 0.3) is 0 Å². The maximum atomic E-state index is 13.2. The number of benzene rings is 1. The smallest absolute Gasteiger partial charge is 0.129 e. The number of hydrogen-bond acceptors (Lipinski definition) is 2. The SMILES string of the molecule is CCCCNc1cccc(F)c1CN. The molecule has 1 rings (SSSR count). The Hall–Kier alpha value is -1.09. The van der Waals surface area contributed by atoms with Crippen LogP contribution in [0, 0.1) is 5.82 Å². The second-order valence-corrected chi connectivity index (χ2v) is 3.25. The number of nitrogens with two attached hydrogens (primary N) is 1. The third kappa shape index (κ3) is 2.70. The van der Waals surface area contributed by atoms with Crippen LogP contribution in [0.25, 0.3) is 0 Å². The van der Waals surface area contributed by atoms with Gasteiger partial charge in [-0.1, -0.05) is 19.4 Å². The van der Waals surface area contributed by atoms with Crippen LogP contribution >= 0.6 is 0 Å². The molecule has 14 heavy (non-hydrogen) atoms. The molecule has 78 valence electrons. The van der Waals surface area contributed by atoms with Crippen LogP contribution in [-0.2, 0) is 6.54 Å². The number of nitrogens with one attached hydrogen (secondary N) is 1. The van der Waals surface area contributed by atoms with Crippen LogP contribution in [0.15, 0.2) is 18.2 Å². The highest BCUT2D eigenvalue weighted by Gasteiger charge is 2.04. The van der Waals surface area contributed by atoms with Gasteiger partial charge in [0, 0.05) is 24.3 Å². The van der Waals surface area contributed by atoms with Gasteiger partial charge in [0.05, 0.1) is 0 Å². The minimum Gasteiger partial charge on any atom is -0.385 e. The molecule has 0 aliphatic carbocycles. The predicted molar refractivity (Wildman–Crippen MR) is 57.7 cm³/mol. The van der Waals surface area contributed by atoms with Crippen molar-refractivity contribution in [3.63, 3.8) is 0 Å². The first kappa shape index (κ1) is 11.0. The van der Waals surface area contributed by atoms with Crippen molar-refractivity contribution >= 4 is 5.69 Å². The maximum Gasteiger partial charge on any atom is 0.129 e. The standard InChI is InChI=1S/C11H17FN2/c1-2-3-7-14-11-6-4-5-10(12)9(11)8-13/h4-6,14H,2-3,7-8,13H2,1H3. The Kier molecular flexibility index (Phi) is 4.40. The highest BCUT2D eigenvalue weighted by molar-refractivity contribution is 5.51. The van der Waals surface area contributed by atoms with Gasteiger partial charge in [-0.05, 0) is 18.6 Å². The summed E-state index contributed by atoms with van der Waals surface area (Å²) in [6, 6.07) is 5.00. The average Bonchev–Trinajstić information content (AvgIpc) is 2.18. The lowest BCUT2D eigenvalue weighted by molar-refractivity contribution is 0.611. The number of unbranched alkanes of at least 4 members (excludes halogenated alkanes) is 1. The topological polar surface area (TPSA) is 38.0 Å². The molecule has 0 aliphatic heterocycles. The molecular formula is C11H17FN2. The Morgan fingerprint density at radius 3 is 2.86 bits per heavy atom. The minimum absolute atomic E-state index is 0.228. The van der Waals surface area contributed by atoms with E-state index in [0.29, 0.717) is 5.56 Å². The monoisotopic (exact) mass is 196 g/mol. The Morgan fingerprint density at radius 2 is 2.21 bits per heavy atom. The maximum absolute atomic E-state index is 13.2. The van der Waals surface area contributed by atoms with Gasteiger partial charge in [-0.15, -0.1) is 0 Å². The van der Waals surface area contributed by atoms with Crippen LogP contribution < -0.4 is 11.1 Å². The van der Waals surface area contributed by atoms with Crippen LogP contribution in [-0.4, -0.2) is 6.54 Å². The van der Waals surface area contributed by atoms with E-state index in [1.54, 1.807) is 6.07 Å². The Balaban J connectivity index is 2.70. The number of hydrogen-bond donors (Lipinski definition) is 2. The normalized spacial score (nSPS) is 10.2. The fraction of sp³-hybridized carbons (Fsp3) is 0.455. The predicted octanol–water partition coefficient (Wildman–Crippen LogP) is 2.50. The lowest BCUT2D eigenvalue weighted by Crippen LogP contribution is -2.08. The van der Waals surface area contributed by atoms with Crippen LogP contribution in [0.3, 0.4) is 0 Å². The van der Waals surface area contributed by atoms with Crippen molar-refractivity contribution in [2.75, 3.05) is 11.9 Å². The van der Waals surface area contributed by atoms with Gasteiger partial charge in [-0.2, -0.15) is 0 Å². The molecule has 0 radical (unpaired) electrons. The molecule has 0 saturated heterocycles. The summed E-state index contributed by atoms with van der Waals surface area (Å²) in [6.07, 6.45) is 2.21. The third-order valence-electron chi connectivity index (χ3n) is 2.17. The van der Waals surface area contributed by atoms with E-state index in [2.05, 4.69) is 12.2 Å². The van der Waals surface area contributed by atoms with Crippen LogP contribution in [0.4, 0.5) is 10.1 Å². The van der Waals surface area contributed by atoms with Crippen molar-refractivity contribution in [1.82, 2.24) is 0 Å². The summed E-state index contributed by atoms with van der Waals surface area (Å²) in [7, 11) is 0. The Morgan fingerprint density at radius 1 is 1.43 bits per heavy atom. The molecule has 0 amide bonds. The largest absolute Gasteiger partial charge is 0.385 e. The summed E-state index contributed by atoms with van der Waals surface area (Å²) >= 11 is 0. The highest BCUT2D eigenvalue weighted by atomic mass is 19.1. The lowest BCUT2D eigenvalue weighted by Gasteiger charge is -2.10. The van der Waals surface area contributed by atoms with E-state index in [1.807, 2.05) is 6.07 Å². The van der Waals surface area contributed by atoms with Crippen molar-refractivity contribution in [3.05, 3.63) is 29.6 Å². The number of anilines is 1. The zero-order valence-electron chi connectivity index (χ0n) is 8.52. The summed E-state index contributed by atoms with van der Waals surface area (Å²) < 4.78 is 13.2. The van der Waals surface area contributed by atoms with E-state index < -0.39 is 0 Å². The first-order valence-electron chi connectivity index (χ1n) is 5.01. The zero-order valence-corrected chi connectivity index (χ0v) is 8.52. The van der Waals surface area contributed by atoms with Crippen LogP contribution in [0.1, 0.15) is 25.3 Å². The Labute approximate surface area is 84.3 Å². The molecule has 0 atom stereocenters. The first-order chi connectivity index (χ1) is 6.79. The molecule has 0 heterocycles. The highest BCUT2D eigenvalue weighted by Crippen LogP contribution is 2.18. The van der Waals surface area contributed by atoms with Gasteiger partial charge in [0.15, 0.2) is 0 Å². The molecule has 3 heteroatoms. The van der Waals surface area contributed by atoms with E-state index in [0.717, 1.165) is 25.1 Å². The van der Waals surface area contributed by atoms with Crippen molar-refractivity contribution in [1.29, 1.82) is 0 Å². The molecule has 0 spiro atoms. The molecule has 0 unspecified atom stereocenters. The van der Waals surface area contributed by atoms with Gasteiger partial charge >= 0.3 is 0 Å². The summed E-state index contributed by atoms with van der Waals surface area (Å²) in [6.45, 7) is 3.23. The molecule has 0 bridgehead atoms. The van der Waals surface area contributed by atoms with Crippen molar-refractivity contribution in [3.8, 4) is 0 Å². The lowest BCUT2D eigenvalue weighted by atomic mass is 10.1. The van der Waals surface area contributed by atoms with Crippen LogP contribution in [0.5, 0.6) is 0 Å². The molecule has 1 aromatic carbocycles.